The van der Waals surface area contributed by atoms with Gasteiger partial charge in [0.2, 0.25) is 0 Å². The Hall–Kier alpha value is -0.970. The summed E-state index contributed by atoms with van der Waals surface area (Å²) in [4.78, 5) is 13.5. The van der Waals surface area contributed by atoms with Gasteiger partial charge in [-0.25, -0.2) is 4.79 Å². The third-order valence-electron chi connectivity index (χ3n) is 2.92. The molecule has 1 atom stereocenters. The van der Waals surface area contributed by atoms with Gasteiger partial charge in [0.05, 0.1) is 10.0 Å². The number of hydrogen-bond acceptors (Lipinski definition) is 2. The third-order valence-corrected chi connectivity index (χ3v) is 3.65. The lowest BCUT2D eigenvalue weighted by Crippen LogP contribution is -2.41. The van der Waals surface area contributed by atoms with Gasteiger partial charge in [-0.3, -0.25) is 0 Å². The van der Waals surface area contributed by atoms with Crippen molar-refractivity contribution in [1.82, 2.24) is 10.2 Å². The number of amides is 2. The average molecular weight is 319 g/mol. The Morgan fingerprint density at radius 2 is 2.10 bits per heavy atom. The SMILES string of the molecule is CC(CCCO)NC(=O)N(C)Cc1ccc(Cl)c(Cl)c1. The van der Waals surface area contributed by atoms with Gasteiger partial charge in [-0.15, -0.1) is 0 Å². The molecule has 0 saturated heterocycles. The first-order valence-electron chi connectivity index (χ1n) is 6.50. The smallest absolute Gasteiger partial charge is 0.317 e. The van der Waals surface area contributed by atoms with Gasteiger partial charge in [0, 0.05) is 26.2 Å². The van der Waals surface area contributed by atoms with Gasteiger partial charge in [-0.2, -0.15) is 0 Å². The monoisotopic (exact) mass is 318 g/mol. The van der Waals surface area contributed by atoms with E-state index in [2.05, 4.69) is 5.32 Å². The van der Waals surface area contributed by atoms with Crippen LogP contribution >= 0.6 is 23.2 Å². The summed E-state index contributed by atoms with van der Waals surface area (Å²) in [6.07, 6.45) is 1.43. The number of nitrogens with one attached hydrogen (secondary N) is 1. The van der Waals surface area contributed by atoms with E-state index in [0.717, 1.165) is 12.0 Å². The van der Waals surface area contributed by atoms with Gasteiger partial charge in [-0.05, 0) is 37.5 Å². The topological polar surface area (TPSA) is 52.6 Å². The lowest BCUT2D eigenvalue weighted by Gasteiger charge is -2.21. The molecule has 0 radical (unpaired) electrons. The molecule has 112 valence electrons. The van der Waals surface area contributed by atoms with Crippen molar-refractivity contribution in [2.24, 2.45) is 0 Å². The van der Waals surface area contributed by atoms with Crippen molar-refractivity contribution in [2.45, 2.75) is 32.4 Å². The van der Waals surface area contributed by atoms with Crippen LogP contribution in [0.2, 0.25) is 10.0 Å². The maximum atomic E-state index is 12.0. The highest BCUT2D eigenvalue weighted by Crippen LogP contribution is 2.23. The van der Waals surface area contributed by atoms with E-state index in [9.17, 15) is 4.79 Å². The van der Waals surface area contributed by atoms with E-state index in [4.69, 9.17) is 28.3 Å². The number of hydrogen-bond donors (Lipinski definition) is 2. The van der Waals surface area contributed by atoms with Crippen LogP contribution in [-0.2, 0) is 6.54 Å². The quantitative estimate of drug-likeness (QED) is 0.845. The fraction of sp³-hybridized carbons (Fsp3) is 0.500. The molecule has 0 fully saturated rings. The molecular formula is C14H20Cl2N2O2. The van der Waals surface area contributed by atoms with Crippen LogP contribution in [0.5, 0.6) is 0 Å². The van der Waals surface area contributed by atoms with Crippen molar-refractivity contribution in [1.29, 1.82) is 0 Å². The summed E-state index contributed by atoms with van der Waals surface area (Å²) in [7, 11) is 1.72. The molecule has 0 saturated carbocycles. The second-order valence-corrected chi connectivity index (χ2v) is 5.64. The summed E-state index contributed by atoms with van der Waals surface area (Å²) in [5.41, 5.74) is 0.917. The van der Waals surface area contributed by atoms with E-state index in [1.807, 2.05) is 13.0 Å². The molecule has 20 heavy (non-hydrogen) atoms. The molecule has 0 bridgehead atoms. The van der Waals surface area contributed by atoms with E-state index < -0.39 is 0 Å². The molecule has 1 aromatic rings. The highest BCUT2D eigenvalue weighted by atomic mass is 35.5. The third kappa shape index (κ3) is 5.57. The Kier molecular flexibility index (Phi) is 7.13. The first-order valence-corrected chi connectivity index (χ1v) is 7.26. The predicted molar refractivity (Wildman–Crippen MR) is 82.2 cm³/mol. The molecule has 0 aromatic heterocycles. The van der Waals surface area contributed by atoms with Crippen LogP contribution in [0, 0.1) is 0 Å². The van der Waals surface area contributed by atoms with E-state index in [-0.39, 0.29) is 18.7 Å². The summed E-state index contributed by atoms with van der Waals surface area (Å²) >= 11 is 11.8. The van der Waals surface area contributed by atoms with Crippen LogP contribution in [0.1, 0.15) is 25.3 Å². The second-order valence-electron chi connectivity index (χ2n) is 4.82. The number of benzene rings is 1. The molecule has 6 heteroatoms. The number of carbonyl (C=O) groups is 1. The zero-order valence-electron chi connectivity index (χ0n) is 11.7. The van der Waals surface area contributed by atoms with Gasteiger partial charge < -0.3 is 15.3 Å². The van der Waals surface area contributed by atoms with Crippen LogP contribution in [-0.4, -0.2) is 35.7 Å². The Balaban J connectivity index is 2.50. The standard InChI is InChI=1S/C14H20Cl2N2O2/c1-10(4-3-7-19)17-14(20)18(2)9-11-5-6-12(15)13(16)8-11/h5-6,8,10,19H,3-4,7,9H2,1-2H3,(H,17,20). The largest absolute Gasteiger partial charge is 0.396 e. The molecule has 1 rings (SSSR count). The molecule has 0 aliphatic carbocycles. The Bertz CT molecular complexity index is 455. The van der Waals surface area contributed by atoms with Crippen LogP contribution in [0.4, 0.5) is 4.79 Å². The Morgan fingerprint density at radius 3 is 2.70 bits per heavy atom. The van der Waals surface area contributed by atoms with Crippen molar-refractivity contribution < 1.29 is 9.90 Å². The minimum absolute atomic E-state index is 0.0332. The lowest BCUT2D eigenvalue weighted by atomic mass is 10.2. The number of aliphatic hydroxyl groups is 1. The first-order chi connectivity index (χ1) is 9.43. The van der Waals surface area contributed by atoms with Crippen LogP contribution < -0.4 is 5.32 Å². The molecule has 2 N–H and O–H groups in total. The minimum Gasteiger partial charge on any atom is -0.396 e. The summed E-state index contributed by atoms with van der Waals surface area (Å²) < 4.78 is 0. The highest BCUT2D eigenvalue weighted by Gasteiger charge is 2.12. The van der Waals surface area contributed by atoms with Gasteiger partial charge in [0.25, 0.3) is 0 Å². The Morgan fingerprint density at radius 1 is 1.40 bits per heavy atom. The maximum Gasteiger partial charge on any atom is 0.317 e. The molecule has 2 amide bonds. The number of aliphatic hydroxyl groups excluding tert-OH is 1. The van der Waals surface area contributed by atoms with Crippen molar-refractivity contribution in [3.63, 3.8) is 0 Å². The van der Waals surface area contributed by atoms with Crippen molar-refractivity contribution in [2.75, 3.05) is 13.7 Å². The maximum absolute atomic E-state index is 12.0. The molecule has 1 unspecified atom stereocenters. The number of nitrogens with zero attached hydrogens (tertiary/aromatic N) is 1. The van der Waals surface area contributed by atoms with E-state index in [1.165, 1.54) is 0 Å². The fourth-order valence-electron chi connectivity index (χ4n) is 1.77. The molecule has 0 aliphatic rings. The summed E-state index contributed by atoms with van der Waals surface area (Å²) in [5, 5.41) is 12.6. The molecule has 0 heterocycles. The predicted octanol–water partition coefficient (Wildman–Crippen LogP) is 3.30. The van der Waals surface area contributed by atoms with Gasteiger partial charge in [-0.1, -0.05) is 29.3 Å². The Labute approximate surface area is 129 Å². The second kappa shape index (κ2) is 8.35. The van der Waals surface area contributed by atoms with Crippen LogP contribution in [0.15, 0.2) is 18.2 Å². The lowest BCUT2D eigenvalue weighted by molar-refractivity contribution is 0.201. The molecule has 4 nitrogen and oxygen atoms in total. The van der Waals surface area contributed by atoms with E-state index in [1.54, 1.807) is 24.1 Å². The van der Waals surface area contributed by atoms with Crippen LogP contribution in [0.25, 0.3) is 0 Å². The van der Waals surface area contributed by atoms with Crippen molar-refractivity contribution in [3.8, 4) is 0 Å². The van der Waals surface area contributed by atoms with Gasteiger partial charge in [0.1, 0.15) is 0 Å². The number of rotatable bonds is 6. The van der Waals surface area contributed by atoms with E-state index >= 15 is 0 Å². The first kappa shape index (κ1) is 17.1. The zero-order chi connectivity index (χ0) is 15.1. The average Bonchev–Trinajstić information content (AvgIpc) is 2.40. The fourth-order valence-corrected chi connectivity index (χ4v) is 2.09. The highest BCUT2D eigenvalue weighted by molar-refractivity contribution is 6.42. The minimum atomic E-state index is -0.151. The van der Waals surface area contributed by atoms with Gasteiger partial charge >= 0.3 is 6.03 Å². The van der Waals surface area contributed by atoms with Crippen LogP contribution in [0.3, 0.4) is 0 Å². The summed E-state index contributed by atoms with van der Waals surface area (Å²) in [6.45, 7) is 2.51. The van der Waals surface area contributed by atoms with Crippen molar-refractivity contribution >= 4 is 29.2 Å². The van der Waals surface area contributed by atoms with E-state index in [0.29, 0.717) is 23.0 Å². The number of carbonyl (C=O) groups excluding carboxylic acids is 1. The molecule has 0 aliphatic heterocycles. The molecule has 0 spiro atoms. The summed E-state index contributed by atoms with van der Waals surface area (Å²) in [5.74, 6) is 0. The molecule has 1 aromatic carbocycles. The summed E-state index contributed by atoms with van der Waals surface area (Å²) in [6, 6.07) is 5.19. The zero-order valence-corrected chi connectivity index (χ0v) is 13.2. The normalized spacial score (nSPS) is 12.1. The number of halogens is 2. The molecular weight excluding hydrogens is 299 g/mol. The van der Waals surface area contributed by atoms with Gasteiger partial charge in [0.15, 0.2) is 0 Å². The number of urea groups is 1. The van der Waals surface area contributed by atoms with Crippen molar-refractivity contribution in [3.05, 3.63) is 33.8 Å².